The van der Waals surface area contributed by atoms with Crippen LogP contribution in [0.4, 0.5) is 5.69 Å². The van der Waals surface area contributed by atoms with Gasteiger partial charge >= 0.3 is 0 Å². The van der Waals surface area contributed by atoms with Crippen molar-refractivity contribution in [1.82, 2.24) is 4.31 Å². The molecule has 2 aromatic rings. The SMILES string of the molecule is Cc1ccc(S(=O)(=O)N(C)Cc2ccccc2N2CCCCC2)s1. The third-order valence-electron chi connectivity index (χ3n) is 4.46. The Bertz CT molecular complexity index is 793. The van der Waals surface area contributed by atoms with Crippen molar-refractivity contribution in [3.05, 3.63) is 46.8 Å². The van der Waals surface area contributed by atoms with Crippen molar-refractivity contribution in [2.24, 2.45) is 0 Å². The van der Waals surface area contributed by atoms with Gasteiger partial charge in [0.15, 0.2) is 0 Å². The highest BCUT2D eigenvalue weighted by atomic mass is 32.2. The topological polar surface area (TPSA) is 40.6 Å². The number of aryl methyl sites for hydroxylation is 1. The van der Waals surface area contributed by atoms with Gasteiger partial charge in [0, 0.05) is 37.2 Å². The van der Waals surface area contributed by atoms with Gasteiger partial charge in [-0.25, -0.2) is 8.42 Å². The highest BCUT2D eigenvalue weighted by Crippen LogP contribution is 2.28. The monoisotopic (exact) mass is 364 g/mol. The number of nitrogens with zero attached hydrogens (tertiary/aromatic N) is 2. The van der Waals surface area contributed by atoms with Gasteiger partial charge in [-0.1, -0.05) is 18.2 Å². The number of anilines is 1. The standard InChI is InChI=1S/C18H24N2O2S2/c1-15-10-11-18(23-15)24(21,22)19(2)14-16-8-4-5-9-17(16)20-12-6-3-7-13-20/h4-5,8-11H,3,6-7,12-14H2,1-2H3. The van der Waals surface area contributed by atoms with Gasteiger partial charge in [-0.05, 0) is 49.9 Å². The van der Waals surface area contributed by atoms with Gasteiger partial charge in [0.2, 0.25) is 0 Å². The molecule has 0 radical (unpaired) electrons. The fraction of sp³-hybridized carbons (Fsp3) is 0.444. The summed E-state index contributed by atoms with van der Waals surface area (Å²) >= 11 is 1.33. The van der Waals surface area contributed by atoms with Crippen molar-refractivity contribution in [2.75, 3.05) is 25.0 Å². The van der Waals surface area contributed by atoms with Crippen molar-refractivity contribution in [3.63, 3.8) is 0 Å². The highest BCUT2D eigenvalue weighted by molar-refractivity contribution is 7.91. The van der Waals surface area contributed by atoms with E-state index in [9.17, 15) is 8.42 Å². The van der Waals surface area contributed by atoms with Crippen molar-refractivity contribution in [2.45, 2.75) is 36.9 Å². The van der Waals surface area contributed by atoms with Crippen LogP contribution >= 0.6 is 11.3 Å². The van der Waals surface area contributed by atoms with E-state index >= 15 is 0 Å². The second-order valence-electron chi connectivity index (χ2n) is 6.30. The third kappa shape index (κ3) is 3.66. The zero-order chi connectivity index (χ0) is 17.2. The van der Waals surface area contributed by atoms with E-state index in [1.165, 1.54) is 40.6 Å². The fourth-order valence-corrected chi connectivity index (χ4v) is 5.76. The Kier molecular flexibility index (Phi) is 5.27. The largest absolute Gasteiger partial charge is 0.371 e. The smallest absolute Gasteiger partial charge is 0.252 e. The molecular weight excluding hydrogens is 340 g/mol. The van der Waals surface area contributed by atoms with Crippen LogP contribution in [0.2, 0.25) is 0 Å². The van der Waals surface area contributed by atoms with E-state index < -0.39 is 10.0 Å². The number of piperidine rings is 1. The zero-order valence-corrected chi connectivity index (χ0v) is 15.9. The Morgan fingerprint density at radius 3 is 2.46 bits per heavy atom. The van der Waals surface area contributed by atoms with E-state index in [0.29, 0.717) is 10.8 Å². The summed E-state index contributed by atoms with van der Waals surface area (Å²) < 4.78 is 27.4. The fourth-order valence-electron chi connectivity index (χ4n) is 3.12. The number of hydrogen-bond donors (Lipinski definition) is 0. The predicted molar refractivity (Wildman–Crippen MR) is 100 cm³/mol. The molecule has 0 atom stereocenters. The molecule has 6 heteroatoms. The minimum absolute atomic E-state index is 0.395. The van der Waals surface area contributed by atoms with Gasteiger partial charge in [0.05, 0.1) is 0 Å². The molecule has 2 heterocycles. The van der Waals surface area contributed by atoms with E-state index in [1.807, 2.05) is 31.2 Å². The summed E-state index contributed by atoms with van der Waals surface area (Å²) in [6.45, 7) is 4.43. The molecule has 1 aliphatic heterocycles. The second-order valence-corrected chi connectivity index (χ2v) is 9.86. The van der Waals surface area contributed by atoms with E-state index in [4.69, 9.17) is 0 Å². The predicted octanol–water partition coefficient (Wildman–Crippen LogP) is 3.87. The first-order valence-corrected chi connectivity index (χ1v) is 10.6. The van der Waals surface area contributed by atoms with E-state index in [-0.39, 0.29) is 0 Å². The number of thiophene rings is 1. The van der Waals surface area contributed by atoms with Gasteiger partial charge < -0.3 is 4.90 Å². The molecule has 24 heavy (non-hydrogen) atoms. The molecule has 0 N–H and O–H groups in total. The first-order chi connectivity index (χ1) is 11.5. The maximum absolute atomic E-state index is 12.8. The maximum Gasteiger partial charge on any atom is 0.252 e. The number of hydrogen-bond acceptors (Lipinski definition) is 4. The van der Waals surface area contributed by atoms with Crippen LogP contribution in [-0.4, -0.2) is 32.9 Å². The lowest BCUT2D eigenvalue weighted by Gasteiger charge is -2.31. The zero-order valence-electron chi connectivity index (χ0n) is 14.2. The molecular formula is C18H24N2O2S2. The molecule has 0 amide bonds. The Morgan fingerprint density at radius 1 is 1.08 bits per heavy atom. The average Bonchev–Trinajstić information content (AvgIpc) is 3.03. The quantitative estimate of drug-likeness (QED) is 0.809. The minimum Gasteiger partial charge on any atom is -0.371 e. The molecule has 1 aromatic heterocycles. The van der Waals surface area contributed by atoms with Gasteiger partial charge in [-0.2, -0.15) is 4.31 Å². The van der Waals surface area contributed by atoms with Crippen molar-refractivity contribution in [3.8, 4) is 0 Å². The van der Waals surface area contributed by atoms with Gasteiger partial charge in [-0.15, -0.1) is 11.3 Å². The van der Waals surface area contributed by atoms with Crippen LogP contribution < -0.4 is 4.90 Å². The molecule has 0 saturated carbocycles. The third-order valence-corrected chi connectivity index (χ3v) is 7.73. The van der Waals surface area contributed by atoms with E-state index in [0.717, 1.165) is 23.5 Å². The summed E-state index contributed by atoms with van der Waals surface area (Å²) in [5, 5.41) is 0. The van der Waals surface area contributed by atoms with Crippen molar-refractivity contribution >= 4 is 27.0 Å². The molecule has 1 aliphatic rings. The average molecular weight is 365 g/mol. The summed E-state index contributed by atoms with van der Waals surface area (Å²) in [6, 6.07) is 11.7. The first-order valence-electron chi connectivity index (χ1n) is 8.34. The van der Waals surface area contributed by atoms with Crippen molar-refractivity contribution < 1.29 is 8.42 Å². The molecule has 1 aromatic carbocycles. The number of benzene rings is 1. The van der Waals surface area contributed by atoms with Crippen LogP contribution in [0, 0.1) is 6.92 Å². The Hall–Kier alpha value is -1.37. The summed E-state index contributed by atoms with van der Waals surface area (Å²) in [7, 11) is -1.77. The normalized spacial score (nSPS) is 15.9. The summed E-state index contributed by atoms with van der Waals surface area (Å²) in [5.74, 6) is 0. The van der Waals surface area contributed by atoms with E-state index in [2.05, 4.69) is 11.0 Å². The lowest BCUT2D eigenvalue weighted by atomic mass is 10.1. The lowest BCUT2D eigenvalue weighted by Crippen LogP contribution is -2.32. The molecule has 3 rings (SSSR count). The van der Waals surface area contributed by atoms with Gasteiger partial charge in [0.1, 0.15) is 4.21 Å². The molecule has 1 fully saturated rings. The summed E-state index contributed by atoms with van der Waals surface area (Å²) in [4.78, 5) is 3.39. The molecule has 4 nitrogen and oxygen atoms in total. The van der Waals surface area contributed by atoms with Crippen LogP contribution in [-0.2, 0) is 16.6 Å². The summed E-state index contributed by atoms with van der Waals surface area (Å²) in [6.07, 6.45) is 3.69. The molecule has 130 valence electrons. The van der Waals surface area contributed by atoms with Crippen LogP contribution in [0.3, 0.4) is 0 Å². The van der Waals surface area contributed by atoms with Crippen LogP contribution in [0.1, 0.15) is 29.7 Å². The molecule has 1 saturated heterocycles. The molecule has 0 unspecified atom stereocenters. The molecule has 0 aliphatic carbocycles. The molecule has 0 bridgehead atoms. The first kappa shape index (κ1) is 17.5. The number of rotatable bonds is 5. The number of sulfonamides is 1. The van der Waals surface area contributed by atoms with Crippen LogP contribution in [0.15, 0.2) is 40.6 Å². The maximum atomic E-state index is 12.8. The summed E-state index contributed by atoms with van der Waals surface area (Å²) in [5.41, 5.74) is 2.24. The minimum atomic E-state index is -3.43. The van der Waals surface area contributed by atoms with Crippen LogP contribution in [0.25, 0.3) is 0 Å². The lowest BCUT2D eigenvalue weighted by molar-refractivity contribution is 0.467. The van der Waals surface area contributed by atoms with Crippen LogP contribution in [0.5, 0.6) is 0 Å². The second kappa shape index (κ2) is 7.25. The Labute approximate surface area is 148 Å². The highest BCUT2D eigenvalue weighted by Gasteiger charge is 2.24. The van der Waals surface area contributed by atoms with Crippen molar-refractivity contribution in [1.29, 1.82) is 0 Å². The van der Waals surface area contributed by atoms with Gasteiger partial charge in [0.25, 0.3) is 10.0 Å². The van der Waals surface area contributed by atoms with Gasteiger partial charge in [-0.3, -0.25) is 0 Å². The number of para-hydroxylation sites is 1. The van der Waals surface area contributed by atoms with E-state index in [1.54, 1.807) is 13.1 Å². The molecule has 0 spiro atoms. The Balaban J connectivity index is 1.83. The Morgan fingerprint density at radius 2 is 1.79 bits per heavy atom.